The number of thiazole rings is 3. The molecule has 2 aliphatic carbocycles. The lowest BCUT2D eigenvalue weighted by atomic mass is 9.94. The third-order valence-electron chi connectivity index (χ3n) is 14.2. The molecule has 101 heavy (non-hydrogen) atoms. The van der Waals surface area contributed by atoms with Crippen LogP contribution >= 0.6 is 143 Å². The number of aliphatic hydroxyl groups excluding tert-OH is 1. The lowest BCUT2D eigenvalue weighted by Crippen LogP contribution is -2.37. The lowest BCUT2D eigenvalue weighted by Gasteiger charge is -2.30. The van der Waals surface area contributed by atoms with Crippen LogP contribution in [0.5, 0.6) is 5.88 Å². The zero-order chi connectivity index (χ0) is 73.7. The van der Waals surface area contributed by atoms with E-state index in [0.717, 1.165) is 126 Å². The van der Waals surface area contributed by atoms with Gasteiger partial charge in [-0.25, -0.2) is 52.4 Å². The van der Waals surface area contributed by atoms with Gasteiger partial charge in [-0.05, 0) is 108 Å². The summed E-state index contributed by atoms with van der Waals surface area (Å²) >= 11 is 52.3. The quantitative estimate of drug-likeness (QED) is 0.0526. The van der Waals surface area contributed by atoms with Gasteiger partial charge < -0.3 is 44.9 Å². The number of carbonyl (C=O) groups is 1. The highest BCUT2D eigenvalue weighted by Gasteiger charge is 2.36. The minimum absolute atomic E-state index is 0.126. The number of aromatic nitrogens is 8. The average molecular weight is 1680 g/mol. The molecule has 0 radical (unpaired) electrons. The molecule has 5 aliphatic rings. The maximum absolute atomic E-state index is 13.4. The molecule has 546 valence electrons. The van der Waals surface area contributed by atoms with E-state index in [1.54, 1.807) is 58.3 Å². The minimum atomic E-state index is -2.56. The number of alkyl halides is 5. The summed E-state index contributed by atoms with van der Waals surface area (Å²) in [6, 6.07) is 19.3. The third-order valence-corrected chi connectivity index (χ3v) is 19.6. The van der Waals surface area contributed by atoms with Crippen molar-refractivity contribution >= 4 is 166 Å². The average Bonchev–Trinajstić information content (AvgIpc) is 1.81. The summed E-state index contributed by atoms with van der Waals surface area (Å²) in [4.78, 5) is 48.1. The molecule has 0 bridgehead atoms. The summed E-state index contributed by atoms with van der Waals surface area (Å²) in [5, 5.41) is 32.0. The number of pyridine rings is 5. The van der Waals surface area contributed by atoms with Gasteiger partial charge >= 0.3 is 0 Å². The fourth-order valence-electron chi connectivity index (χ4n) is 9.22. The van der Waals surface area contributed by atoms with Crippen LogP contribution in [-0.2, 0) is 19.0 Å². The number of thiocarbonyl (C=S) groups is 1. The number of aryl methyl sites for hydroxylation is 3. The van der Waals surface area contributed by atoms with Crippen molar-refractivity contribution in [1.29, 1.82) is 5.26 Å². The first-order valence-electron chi connectivity index (χ1n) is 31.3. The summed E-state index contributed by atoms with van der Waals surface area (Å²) in [6.45, 7) is 17.3. The topological polar surface area (TPSA) is 246 Å². The molecule has 8 aromatic rings. The van der Waals surface area contributed by atoms with Crippen LogP contribution in [0.15, 0.2) is 76.8 Å². The maximum atomic E-state index is 13.4. The van der Waals surface area contributed by atoms with Crippen molar-refractivity contribution in [3.63, 3.8) is 0 Å². The van der Waals surface area contributed by atoms with E-state index in [1.807, 2.05) is 61.2 Å². The summed E-state index contributed by atoms with van der Waals surface area (Å²) in [5.74, 6) is -2.69. The Hall–Kier alpha value is -4.88. The van der Waals surface area contributed by atoms with E-state index >= 15 is 0 Å². The van der Waals surface area contributed by atoms with E-state index in [4.69, 9.17) is 128 Å². The van der Waals surface area contributed by atoms with E-state index in [-0.39, 0.29) is 65.7 Å². The highest BCUT2D eigenvalue weighted by atomic mass is 79.9. The second-order valence-corrected chi connectivity index (χ2v) is 28.9. The Balaban J connectivity index is 0.000000192. The summed E-state index contributed by atoms with van der Waals surface area (Å²) in [7, 11) is 0. The van der Waals surface area contributed by atoms with Crippen LogP contribution in [0.3, 0.4) is 0 Å². The SMILES string of the molecule is C1COCCN1.CC(=O)CBr.Cc1csc(-c2cc(Cl)nc(Cl)c2)n1.Cc1csc(-c2cc(Cl)nc(N3CCOCC3)c2)n1.Cc1csc(-c2cc(OC3CCC(F)(F)CC3)nc(N3CCOCC3)c2)n1.N#Cc1cc(Cl)nc(Cl)c1.NC(=S)c1cc(Cl)nc(Cl)c1.OC1CCC(F)(F)CC1. The largest absolute Gasteiger partial charge is 0.474 e. The molecule has 11 heterocycles. The van der Waals surface area contributed by atoms with E-state index in [9.17, 15) is 22.4 Å². The van der Waals surface area contributed by atoms with E-state index < -0.39 is 17.9 Å². The Morgan fingerprint density at radius 3 is 1.31 bits per heavy atom. The Kier molecular flexibility index (Phi) is 36.7. The summed E-state index contributed by atoms with van der Waals surface area (Å²) < 4.78 is 73.2. The van der Waals surface area contributed by atoms with Crippen LogP contribution in [0.1, 0.15) is 86.5 Å². The Morgan fingerprint density at radius 2 is 0.960 bits per heavy atom. The van der Waals surface area contributed by atoms with Crippen LogP contribution < -0.4 is 25.6 Å². The molecule has 13 rings (SSSR count). The minimum Gasteiger partial charge on any atom is -0.474 e. The molecular weight excluding hydrogens is 1600 g/mol. The van der Waals surface area contributed by atoms with Gasteiger partial charge in [-0.15, -0.1) is 34.0 Å². The number of Topliss-reactive ketones (excluding diaryl/α,β-unsaturated/α-hetero) is 1. The molecule has 5 fully saturated rings. The number of nitrogens with zero attached hydrogens (tertiary/aromatic N) is 11. The van der Waals surface area contributed by atoms with Crippen molar-refractivity contribution in [3.05, 3.63) is 141 Å². The number of anilines is 2. The lowest BCUT2D eigenvalue weighted by molar-refractivity contribution is -0.114. The number of carbonyl (C=O) groups excluding carboxylic acids is 1. The number of nitrogens with one attached hydrogen (secondary N) is 1. The number of rotatable bonds is 9. The standard InChI is InChI=1S/C19H23F2N3O2S.C13H14ClN3OS.C9H6Cl2N2S.C6H4Cl2N2S.C6H2Cl2N2.C6H10F2O.C4H9NO.C3H5BrO/c1-13-12-27-18(22-13)14-10-16(24-6-8-25-9-7-24)23-17(11-14)26-15-2-4-19(20,21)5-3-15;1-9-8-19-13(15-9)10-6-11(14)16-12(7-10)17-2-4-18-5-3-17;1-5-4-14-9(12-5)6-2-7(10)13-8(11)3-6;7-4-1-3(6(9)11)2-5(8)10-4;7-5-1-4(3-9)2-6(8)10-5;7-6(8)3-1-5(9)2-4-6;1-3-6-4-2-5-1;1-3(5)2-4/h10-12,15H,2-9H2,1H3;6-8H,2-5H2,1H3;2-4H,1H3;1-2H,(H2,9,11);1-2H;5,9H,1-4H2;5H,1-4H2;2H2,1H3. The molecule has 0 aromatic carbocycles. The molecule has 3 aliphatic heterocycles. The van der Waals surface area contributed by atoms with Crippen molar-refractivity contribution in [2.24, 2.45) is 5.73 Å². The number of hydrogen-bond donors (Lipinski definition) is 3. The van der Waals surface area contributed by atoms with Crippen LogP contribution in [0, 0.1) is 32.1 Å². The highest BCUT2D eigenvalue weighted by Crippen LogP contribution is 2.38. The molecule has 35 heteroatoms. The predicted molar refractivity (Wildman–Crippen MR) is 406 cm³/mol. The van der Waals surface area contributed by atoms with Crippen molar-refractivity contribution in [2.75, 3.05) is 94.0 Å². The number of hydrogen-bond acceptors (Lipinski definition) is 22. The van der Waals surface area contributed by atoms with Gasteiger partial charge in [0, 0.05) is 126 Å². The molecule has 3 saturated heterocycles. The number of halogens is 12. The number of ether oxygens (including phenoxy) is 4. The van der Waals surface area contributed by atoms with Gasteiger partial charge in [-0.1, -0.05) is 109 Å². The normalized spacial score (nSPS) is 16.2. The zero-order valence-electron chi connectivity index (χ0n) is 55.2. The Labute approximate surface area is 644 Å². The third kappa shape index (κ3) is 32.2. The monoisotopic (exact) mass is 1670 g/mol. The van der Waals surface area contributed by atoms with Gasteiger partial charge in [-0.3, -0.25) is 4.79 Å². The first-order valence-corrected chi connectivity index (χ1v) is 38.1. The molecule has 4 N–H and O–H groups in total. The van der Waals surface area contributed by atoms with Crippen molar-refractivity contribution in [2.45, 2.75) is 103 Å². The van der Waals surface area contributed by atoms with Crippen LogP contribution in [0.4, 0.5) is 29.2 Å². The Morgan fingerprint density at radius 1 is 0.604 bits per heavy atom. The Bertz CT molecular complexity index is 3880. The van der Waals surface area contributed by atoms with Gasteiger partial charge in [-0.2, -0.15) is 10.2 Å². The van der Waals surface area contributed by atoms with E-state index in [1.165, 1.54) is 19.1 Å². The summed E-state index contributed by atoms with van der Waals surface area (Å²) in [6.07, 6.45) is -0.0293. The number of ketones is 1. The van der Waals surface area contributed by atoms with E-state index in [2.05, 4.69) is 77.0 Å². The fraction of sp³-hybridized carbons (Fsp3) is 0.439. The maximum Gasteiger partial charge on any atom is 0.248 e. The van der Waals surface area contributed by atoms with Crippen molar-refractivity contribution in [3.8, 4) is 43.7 Å². The first kappa shape index (κ1) is 85.1. The van der Waals surface area contributed by atoms with Gasteiger partial charge in [0.05, 0.1) is 62.7 Å². The van der Waals surface area contributed by atoms with Crippen molar-refractivity contribution < 1.29 is 46.4 Å². The highest BCUT2D eigenvalue weighted by molar-refractivity contribution is 9.09. The molecule has 2 saturated carbocycles. The van der Waals surface area contributed by atoms with Gasteiger partial charge in [0.1, 0.15) is 79.6 Å². The molecule has 19 nitrogen and oxygen atoms in total. The van der Waals surface area contributed by atoms with Crippen molar-refractivity contribution in [1.82, 2.24) is 45.2 Å². The fourth-order valence-corrected chi connectivity index (χ4v) is 13.3. The van der Waals surface area contributed by atoms with Crippen LogP contribution in [-0.4, -0.2) is 164 Å². The predicted octanol–water partition coefficient (Wildman–Crippen LogP) is 17.5. The zero-order valence-corrected chi connectivity index (χ0v) is 65.3. The molecular formula is C66H73BrCl7F4N13O6S4. The number of nitrogens with two attached hydrogens (primary N) is 1. The van der Waals surface area contributed by atoms with Gasteiger partial charge in [0.2, 0.25) is 17.7 Å². The second kappa shape index (κ2) is 43.5. The van der Waals surface area contributed by atoms with Gasteiger partial charge in [0.15, 0.2) is 0 Å². The molecule has 0 unspecified atom stereocenters. The molecule has 8 aromatic heterocycles. The van der Waals surface area contributed by atoms with Crippen LogP contribution in [0.25, 0.3) is 31.7 Å². The smallest absolute Gasteiger partial charge is 0.248 e. The number of morpholine rings is 3. The molecule has 0 amide bonds. The summed E-state index contributed by atoms with van der Waals surface area (Å²) in [5.41, 5.74) is 12.3. The van der Waals surface area contributed by atoms with Gasteiger partial charge in [0.25, 0.3) is 0 Å². The molecule has 0 atom stereocenters. The number of aliphatic hydroxyl groups is 1. The molecule has 0 spiro atoms. The van der Waals surface area contributed by atoms with E-state index in [0.29, 0.717) is 74.2 Å². The van der Waals surface area contributed by atoms with Crippen LogP contribution in [0.2, 0.25) is 36.1 Å². The second-order valence-electron chi connectivity index (χ2n) is 22.6. The number of nitriles is 1. The first-order chi connectivity index (χ1) is 48.0.